The maximum atomic E-state index is 11.8. The van der Waals surface area contributed by atoms with Crippen molar-refractivity contribution in [3.8, 4) is 6.07 Å². The summed E-state index contributed by atoms with van der Waals surface area (Å²) in [6, 6.07) is 13.0. The van der Waals surface area contributed by atoms with Crippen LogP contribution in [0.15, 0.2) is 53.4 Å². The van der Waals surface area contributed by atoms with Crippen LogP contribution in [0.4, 0.5) is 5.69 Å². The zero-order chi connectivity index (χ0) is 18.4. The molecule has 0 aliphatic heterocycles. The van der Waals surface area contributed by atoms with E-state index in [0.717, 1.165) is 0 Å². The van der Waals surface area contributed by atoms with Gasteiger partial charge < -0.3 is 10.1 Å². The predicted octanol–water partition coefficient (Wildman–Crippen LogP) is 1.00. The molecule has 2 rings (SSSR count). The van der Waals surface area contributed by atoms with Crippen molar-refractivity contribution in [3.63, 3.8) is 0 Å². The highest BCUT2D eigenvalue weighted by Crippen LogP contribution is 2.14. The van der Waals surface area contributed by atoms with Crippen LogP contribution in [-0.2, 0) is 19.6 Å². The van der Waals surface area contributed by atoms with Gasteiger partial charge in [0.1, 0.15) is 0 Å². The molecule has 0 fully saturated rings. The molecule has 0 unspecified atom stereocenters. The second kappa shape index (κ2) is 7.57. The summed E-state index contributed by atoms with van der Waals surface area (Å²) in [6.07, 6.45) is 0. The molecule has 2 aromatic rings. The van der Waals surface area contributed by atoms with E-state index >= 15 is 0 Å². The van der Waals surface area contributed by atoms with Crippen molar-refractivity contribution >= 4 is 27.6 Å². The normalized spacial score (nSPS) is 10.6. The van der Waals surface area contributed by atoms with Crippen LogP contribution in [-0.4, -0.2) is 26.9 Å². The monoisotopic (exact) mass is 359 g/mol. The summed E-state index contributed by atoms with van der Waals surface area (Å²) >= 11 is 0. The predicted molar refractivity (Wildman–Crippen MR) is 87.9 cm³/mol. The first kappa shape index (κ1) is 18.1. The Kier molecular flexibility index (Phi) is 5.49. The molecule has 0 aliphatic rings. The maximum Gasteiger partial charge on any atom is 0.338 e. The number of primary sulfonamides is 1. The van der Waals surface area contributed by atoms with Crippen LogP contribution in [0.3, 0.4) is 0 Å². The maximum absolute atomic E-state index is 11.8. The van der Waals surface area contributed by atoms with Gasteiger partial charge in [-0.3, -0.25) is 4.79 Å². The van der Waals surface area contributed by atoms with Gasteiger partial charge in [-0.25, -0.2) is 18.4 Å². The molecular formula is C16H13N3O5S. The van der Waals surface area contributed by atoms with Crippen LogP contribution in [0.25, 0.3) is 0 Å². The Labute approximate surface area is 143 Å². The summed E-state index contributed by atoms with van der Waals surface area (Å²) in [4.78, 5) is 23.5. The number of carbonyl (C=O) groups excluding carboxylic acids is 2. The molecule has 128 valence electrons. The molecule has 0 atom stereocenters. The lowest BCUT2D eigenvalue weighted by Gasteiger charge is -2.08. The zero-order valence-corrected chi connectivity index (χ0v) is 13.6. The number of nitrogens with one attached hydrogen (secondary N) is 1. The molecule has 0 aliphatic carbocycles. The first-order valence-electron chi connectivity index (χ1n) is 6.89. The molecule has 3 N–H and O–H groups in total. The van der Waals surface area contributed by atoms with E-state index in [1.54, 1.807) is 0 Å². The van der Waals surface area contributed by atoms with Crippen molar-refractivity contribution < 1.29 is 22.7 Å². The average molecular weight is 359 g/mol. The number of nitrogens with two attached hydrogens (primary N) is 1. The molecule has 1 amide bonds. The van der Waals surface area contributed by atoms with Crippen molar-refractivity contribution in [2.45, 2.75) is 4.90 Å². The first-order chi connectivity index (χ1) is 11.8. The van der Waals surface area contributed by atoms with Crippen LogP contribution < -0.4 is 10.5 Å². The highest BCUT2D eigenvalue weighted by molar-refractivity contribution is 7.89. The number of nitrogens with zero attached hydrogens (tertiary/aromatic N) is 1. The lowest BCUT2D eigenvalue weighted by Crippen LogP contribution is -2.21. The van der Waals surface area contributed by atoms with Crippen LogP contribution in [0, 0.1) is 11.3 Å². The minimum Gasteiger partial charge on any atom is -0.452 e. The number of carbonyl (C=O) groups is 2. The average Bonchev–Trinajstić information content (AvgIpc) is 2.59. The van der Waals surface area contributed by atoms with Gasteiger partial charge in [0.05, 0.1) is 22.1 Å². The Morgan fingerprint density at radius 2 is 1.84 bits per heavy atom. The minimum atomic E-state index is -3.89. The van der Waals surface area contributed by atoms with E-state index in [9.17, 15) is 18.0 Å². The van der Waals surface area contributed by atoms with Crippen LogP contribution in [0.2, 0.25) is 0 Å². The van der Waals surface area contributed by atoms with E-state index in [-0.39, 0.29) is 16.1 Å². The van der Waals surface area contributed by atoms with Gasteiger partial charge in [0.25, 0.3) is 5.91 Å². The number of anilines is 1. The molecule has 0 saturated heterocycles. The molecule has 8 nitrogen and oxygen atoms in total. The largest absolute Gasteiger partial charge is 0.452 e. The standard InChI is InChI=1S/C16H13N3O5S/c17-9-11-4-6-12(7-5-11)16(21)24-10-15(20)19-13-2-1-3-14(8-13)25(18,22)23/h1-8H,10H2,(H,19,20)(H2,18,22,23). The molecule has 0 bridgehead atoms. The fourth-order valence-corrected chi connectivity index (χ4v) is 2.40. The molecule has 2 aromatic carbocycles. The highest BCUT2D eigenvalue weighted by atomic mass is 32.2. The van der Waals surface area contributed by atoms with Crippen molar-refractivity contribution in [1.82, 2.24) is 0 Å². The molecular weight excluding hydrogens is 346 g/mol. The molecule has 25 heavy (non-hydrogen) atoms. The van der Waals surface area contributed by atoms with Gasteiger partial charge in [0.2, 0.25) is 10.0 Å². The first-order valence-corrected chi connectivity index (χ1v) is 8.44. The zero-order valence-electron chi connectivity index (χ0n) is 12.8. The Bertz CT molecular complexity index is 946. The number of rotatable bonds is 5. The topological polar surface area (TPSA) is 139 Å². The summed E-state index contributed by atoms with van der Waals surface area (Å²) in [5.74, 6) is -1.37. The van der Waals surface area contributed by atoms with Gasteiger partial charge in [-0.15, -0.1) is 0 Å². The van der Waals surface area contributed by atoms with Crippen molar-refractivity contribution in [3.05, 3.63) is 59.7 Å². The summed E-state index contributed by atoms with van der Waals surface area (Å²) in [7, 11) is -3.89. The number of ether oxygens (including phenoxy) is 1. The Morgan fingerprint density at radius 3 is 2.44 bits per heavy atom. The summed E-state index contributed by atoms with van der Waals surface area (Å²) in [6.45, 7) is -0.557. The summed E-state index contributed by atoms with van der Waals surface area (Å²) in [5.41, 5.74) is 0.790. The number of hydrogen-bond acceptors (Lipinski definition) is 6. The van der Waals surface area contributed by atoms with Gasteiger partial charge in [-0.05, 0) is 42.5 Å². The number of hydrogen-bond donors (Lipinski definition) is 2. The van der Waals surface area contributed by atoms with E-state index < -0.39 is 28.5 Å². The van der Waals surface area contributed by atoms with Gasteiger partial charge in [-0.1, -0.05) is 6.07 Å². The third-order valence-electron chi connectivity index (χ3n) is 3.03. The minimum absolute atomic E-state index is 0.153. The Hall–Kier alpha value is -3.22. The molecule has 0 saturated carbocycles. The molecule has 0 heterocycles. The van der Waals surface area contributed by atoms with Gasteiger partial charge >= 0.3 is 5.97 Å². The van der Waals surface area contributed by atoms with Gasteiger partial charge in [-0.2, -0.15) is 5.26 Å². The molecule has 0 aromatic heterocycles. The van der Waals surface area contributed by atoms with Crippen LogP contribution >= 0.6 is 0 Å². The van der Waals surface area contributed by atoms with Crippen LogP contribution in [0.1, 0.15) is 15.9 Å². The number of benzene rings is 2. The number of amides is 1. The number of esters is 1. The van der Waals surface area contributed by atoms with E-state index in [1.807, 2.05) is 6.07 Å². The summed E-state index contributed by atoms with van der Waals surface area (Å²) < 4.78 is 27.4. The second-order valence-electron chi connectivity index (χ2n) is 4.89. The van der Waals surface area contributed by atoms with Gasteiger partial charge in [0.15, 0.2) is 6.61 Å². The molecule has 0 spiro atoms. The fourth-order valence-electron chi connectivity index (χ4n) is 1.84. The lowest BCUT2D eigenvalue weighted by atomic mass is 10.1. The summed E-state index contributed by atoms with van der Waals surface area (Å²) in [5, 5.41) is 16.1. The number of sulfonamides is 1. The molecule has 9 heteroatoms. The fraction of sp³-hybridized carbons (Fsp3) is 0.0625. The van der Waals surface area contributed by atoms with Crippen molar-refractivity contribution in [2.75, 3.05) is 11.9 Å². The third kappa shape index (κ3) is 5.13. The van der Waals surface area contributed by atoms with E-state index in [4.69, 9.17) is 15.1 Å². The van der Waals surface area contributed by atoms with Crippen molar-refractivity contribution in [1.29, 1.82) is 5.26 Å². The van der Waals surface area contributed by atoms with E-state index in [2.05, 4.69) is 5.32 Å². The Morgan fingerprint density at radius 1 is 1.16 bits per heavy atom. The smallest absolute Gasteiger partial charge is 0.338 e. The quantitative estimate of drug-likeness (QED) is 0.763. The van der Waals surface area contributed by atoms with Crippen molar-refractivity contribution in [2.24, 2.45) is 5.14 Å². The SMILES string of the molecule is N#Cc1ccc(C(=O)OCC(=O)Nc2cccc(S(N)(=O)=O)c2)cc1. The third-order valence-corrected chi connectivity index (χ3v) is 3.94. The Balaban J connectivity index is 1.94. The van der Waals surface area contributed by atoms with Gasteiger partial charge in [0, 0.05) is 5.69 Å². The molecule has 0 radical (unpaired) electrons. The second-order valence-corrected chi connectivity index (χ2v) is 6.45. The van der Waals surface area contributed by atoms with Crippen LogP contribution in [0.5, 0.6) is 0 Å². The number of nitriles is 1. The van der Waals surface area contributed by atoms with E-state index in [1.165, 1.54) is 48.5 Å². The van der Waals surface area contributed by atoms with E-state index in [0.29, 0.717) is 5.56 Å². The highest BCUT2D eigenvalue weighted by Gasteiger charge is 2.12. The lowest BCUT2D eigenvalue weighted by molar-refractivity contribution is -0.119.